The number of rotatable bonds is 4. The van der Waals surface area contributed by atoms with E-state index in [0.29, 0.717) is 18.3 Å². The van der Waals surface area contributed by atoms with Gasteiger partial charge in [-0.2, -0.15) is 0 Å². The predicted molar refractivity (Wildman–Crippen MR) is 65.0 cm³/mol. The van der Waals surface area contributed by atoms with Crippen molar-refractivity contribution in [1.82, 2.24) is 0 Å². The lowest BCUT2D eigenvalue weighted by atomic mass is 10.1. The molecule has 0 saturated heterocycles. The van der Waals surface area contributed by atoms with Crippen molar-refractivity contribution in [3.8, 4) is 5.75 Å². The first-order chi connectivity index (χ1) is 8.16. The van der Waals surface area contributed by atoms with Crippen LogP contribution >= 0.6 is 0 Å². The van der Waals surface area contributed by atoms with Crippen LogP contribution < -0.4 is 10.5 Å². The topological polar surface area (TPSA) is 78.4 Å². The first kappa shape index (κ1) is 11.7. The van der Waals surface area contributed by atoms with Crippen LogP contribution in [-0.4, -0.2) is 11.5 Å². The summed E-state index contributed by atoms with van der Waals surface area (Å²) < 4.78 is 5.60. The molecule has 2 rings (SSSR count). The number of nitrogen functional groups attached to an aromatic ring is 1. The highest BCUT2D eigenvalue weighted by Gasteiger charge is 2.16. The molecule has 1 aromatic rings. The second kappa shape index (κ2) is 5.03. The molecule has 0 aliphatic heterocycles. The molecule has 1 aliphatic rings. The summed E-state index contributed by atoms with van der Waals surface area (Å²) in [6.07, 6.45) is 4.97. The number of nitrogens with two attached hydrogens (primary N) is 1. The number of ether oxygens (including phenoxy) is 1. The smallest absolute Gasteiger partial charge is 0.292 e. The first-order valence-electron chi connectivity index (χ1n) is 5.83. The Balaban J connectivity index is 1.97. The average Bonchev–Trinajstić information content (AvgIpc) is 2.78. The summed E-state index contributed by atoms with van der Waals surface area (Å²) in [4.78, 5) is 10.1. The van der Waals surface area contributed by atoms with Crippen molar-refractivity contribution in [3.63, 3.8) is 0 Å². The molecule has 92 valence electrons. The Morgan fingerprint density at radius 3 is 2.71 bits per heavy atom. The highest BCUT2D eigenvalue weighted by atomic mass is 16.6. The standard InChI is InChI=1S/C12H16N2O3/c13-11-7-10(5-6-12(11)14(15)16)17-8-9-3-1-2-4-9/h5-7,9H,1-4,8,13H2. The van der Waals surface area contributed by atoms with Gasteiger partial charge >= 0.3 is 0 Å². The van der Waals surface area contributed by atoms with E-state index in [1.54, 1.807) is 6.07 Å². The Morgan fingerprint density at radius 2 is 2.12 bits per heavy atom. The van der Waals surface area contributed by atoms with Gasteiger partial charge < -0.3 is 10.5 Å². The predicted octanol–water partition coefficient (Wildman–Crippen LogP) is 2.75. The number of hydrogen-bond donors (Lipinski definition) is 1. The molecular weight excluding hydrogens is 220 g/mol. The molecule has 2 N–H and O–H groups in total. The quantitative estimate of drug-likeness (QED) is 0.495. The van der Waals surface area contributed by atoms with Crippen LogP contribution in [0.3, 0.4) is 0 Å². The van der Waals surface area contributed by atoms with Gasteiger partial charge in [0.25, 0.3) is 5.69 Å². The van der Waals surface area contributed by atoms with Crippen molar-refractivity contribution in [2.24, 2.45) is 5.92 Å². The Hall–Kier alpha value is -1.78. The van der Waals surface area contributed by atoms with Crippen LogP contribution in [0.1, 0.15) is 25.7 Å². The molecule has 17 heavy (non-hydrogen) atoms. The molecule has 0 unspecified atom stereocenters. The minimum absolute atomic E-state index is 0.0711. The van der Waals surface area contributed by atoms with Crippen molar-refractivity contribution in [2.75, 3.05) is 12.3 Å². The van der Waals surface area contributed by atoms with E-state index < -0.39 is 4.92 Å². The van der Waals surface area contributed by atoms with Crippen LogP contribution in [0.15, 0.2) is 18.2 Å². The molecule has 0 atom stereocenters. The van der Waals surface area contributed by atoms with Gasteiger partial charge in [0.05, 0.1) is 11.5 Å². The number of benzene rings is 1. The van der Waals surface area contributed by atoms with Gasteiger partial charge in [-0.3, -0.25) is 10.1 Å². The minimum Gasteiger partial charge on any atom is -0.493 e. The largest absolute Gasteiger partial charge is 0.493 e. The van der Waals surface area contributed by atoms with Crippen molar-refractivity contribution in [1.29, 1.82) is 0 Å². The minimum atomic E-state index is -0.490. The normalized spacial score (nSPS) is 16.0. The second-order valence-corrected chi connectivity index (χ2v) is 4.44. The number of nitro benzene ring substituents is 1. The number of nitrogens with zero attached hydrogens (tertiary/aromatic N) is 1. The zero-order valence-corrected chi connectivity index (χ0v) is 9.59. The molecule has 1 fully saturated rings. The van der Waals surface area contributed by atoms with E-state index in [4.69, 9.17) is 10.5 Å². The Labute approximate surface area is 99.7 Å². The van der Waals surface area contributed by atoms with Gasteiger partial charge in [0.15, 0.2) is 0 Å². The molecule has 0 spiro atoms. The van der Waals surface area contributed by atoms with E-state index in [0.717, 1.165) is 0 Å². The van der Waals surface area contributed by atoms with Crippen LogP contribution in [0, 0.1) is 16.0 Å². The number of nitro groups is 1. The fraction of sp³-hybridized carbons (Fsp3) is 0.500. The highest BCUT2D eigenvalue weighted by molar-refractivity contribution is 5.60. The molecule has 0 aromatic heterocycles. The summed E-state index contributed by atoms with van der Waals surface area (Å²) in [6.45, 7) is 0.678. The van der Waals surface area contributed by atoms with Crippen molar-refractivity contribution in [3.05, 3.63) is 28.3 Å². The third-order valence-electron chi connectivity index (χ3n) is 3.16. The molecular formula is C12H16N2O3. The molecule has 1 aliphatic carbocycles. The van der Waals surface area contributed by atoms with Gasteiger partial charge in [0.1, 0.15) is 11.4 Å². The lowest BCUT2D eigenvalue weighted by molar-refractivity contribution is -0.383. The van der Waals surface area contributed by atoms with E-state index in [-0.39, 0.29) is 11.4 Å². The third kappa shape index (κ3) is 2.87. The Bertz CT molecular complexity index is 414. The highest BCUT2D eigenvalue weighted by Crippen LogP contribution is 2.28. The molecule has 1 aromatic carbocycles. The Morgan fingerprint density at radius 1 is 1.41 bits per heavy atom. The molecule has 1 saturated carbocycles. The van der Waals surface area contributed by atoms with E-state index in [1.807, 2.05) is 0 Å². The van der Waals surface area contributed by atoms with Gasteiger partial charge in [-0.15, -0.1) is 0 Å². The maximum atomic E-state index is 10.6. The van der Waals surface area contributed by atoms with Crippen molar-refractivity contribution in [2.45, 2.75) is 25.7 Å². The molecule has 0 amide bonds. The molecule has 5 heteroatoms. The first-order valence-corrected chi connectivity index (χ1v) is 5.83. The van der Waals surface area contributed by atoms with E-state index >= 15 is 0 Å². The van der Waals surface area contributed by atoms with Gasteiger partial charge in [-0.1, -0.05) is 12.8 Å². The summed E-state index contributed by atoms with van der Waals surface area (Å²) in [5.41, 5.74) is 5.67. The SMILES string of the molecule is Nc1cc(OCC2CCCC2)ccc1[N+](=O)[O-]. The molecule has 0 radical (unpaired) electrons. The van der Waals surface area contributed by atoms with Gasteiger partial charge in [-0.05, 0) is 24.8 Å². The lowest BCUT2D eigenvalue weighted by Crippen LogP contribution is -2.08. The molecule has 0 heterocycles. The molecule has 5 nitrogen and oxygen atoms in total. The summed E-state index contributed by atoms with van der Waals surface area (Å²) >= 11 is 0. The van der Waals surface area contributed by atoms with Gasteiger partial charge in [0, 0.05) is 12.1 Å². The fourth-order valence-electron chi connectivity index (χ4n) is 2.18. The molecule has 0 bridgehead atoms. The lowest BCUT2D eigenvalue weighted by Gasteiger charge is -2.11. The van der Waals surface area contributed by atoms with Crippen molar-refractivity contribution >= 4 is 11.4 Å². The zero-order valence-electron chi connectivity index (χ0n) is 9.59. The van der Waals surface area contributed by atoms with Crippen LogP contribution in [0.5, 0.6) is 5.75 Å². The summed E-state index contributed by atoms with van der Waals surface area (Å²) in [5.74, 6) is 1.23. The van der Waals surface area contributed by atoms with Crippen LogP contribution in [0.2, 0.25) is 0 Å². The summed E-state index contributed by atoms with van der Waals surface area (Å²) in [5, 5.41) is 10.6. The number of hydrogen-bond acceptors (Lipinski definition) is 4. The summed E-state index contributed by atoms with van der Waals surface area (Å²) in [6, 6.07) is 4.51. The van der Waals surface area contributed by atoms with Crippen molar-refractivity contribution < 1.29 is 9.66 Å². The van der Waals surface area contributed by atoms with E-state index in [2.05, 4.69) is 0 Å². The maximum absolute atomic E-state index is 10.6. The van der Waals surface area contributed by atoms with Gasteiger partial charge in [-0.25, -0.2) is 0 Å². The second-order valence-electron chi connectivity index (χ2n) is 4.44. The monoisotopic (exact) mass is 236 g/mol. The van der Waals surface area contributed by atoms with Gasteiger partial charge in [0.2, 0.25) is 0 Å². The zero-order chi connectivity index (χ0) is 12.3. The average molecular weight is 236 g/mol. The van der Waals surface area contributed by atoms with Crippen LogP contribution in [0.4, 0.5) is 11.4 Å². The van der Waals surface area contributed by atoms with Crippen LogP contribution in [0.25, 0.3) is 0 Å². The number of anilines is 1. The summed E-state index contributed by atoms with van der Waals surface area (Å²) in [7, 11) is 0. The third-order valence-corrected chi connectivity index (χ3v) is 3.16. The van der Waals surface area contributed by atoms with Crippen LogP contribution in [-0.2, 0) is 0 Å². The van der Waals surface area contributed by atoms with E-state index in [1.165, 1.54) is 37.8 Å². The van der Waals surface area contributed by atoms with E-state index in [9.17, 15) is 10.1 Å². The Kier molecular flexibility index (Phi) is 3.46. The maximum Gasteiger partial charge on any atom is 0.292 e. The fourth-order valence-corrected chi connectivity index (χ4v) is 2.18.